The monoisotopic (exact) mass is 349 g/mol. The zero-order valence-corrected chi connectivity index (χ0v) is 13.1. The van der Waals surface area contributed by atoms with E-state index in [1.54, 1.807) is 24.3 Å². The van der Waals surface area contributed by atoms with Gasteiger partial charge in [0.2, 0.25) is 0 Å². The third-order valence-corrected chi connectivity index (χ3v) is 3.74. The van der Waals surface area contributed by atoms with Gasteiger partial charge in [-0.15, -0.1) is 0 Å². The van der Waals surface area contributed by atoms with Gasteiger partial charge in [0.05, 0.1) is 16.7 Å². The van der Waals surface area contributed by atoms with Crippen molar-refractivity contribution in [2.45, 2.75) is 0 Å². The molecule has 0 saturated carbocycles. The van der Waals surface area contributed by atoms with Gasteiger partial charge in [0.25, 0.3) is 11.8 Å². The normalized spacial score (nSPS) is 13.2. The minimum Gasteiger partial charge on any atom is -0.440 e. The molecule has 0 spiro atoms. The molecule has 5 nitrogen and oxygen atoms in total. The van der Waals surface area contributed by atoms with Crippen molar-refractivity contribution in [3.63, 3.8) is 0 Å². The highest BCUT2D eigenvalue weighted by Crippen LogP contribution is 2.23. The van der Waals surface area contributed by atoms with Crippen molar-refractivity contribution >= 4 is 41.0 Å². The third kappa shape index (κ3) is 2.93. The lowest BCUT2D eigenvalue weighted by Gasteiger charge is -2.14. The molecule has 0 atom stereocenters. The zero-order chi connectivity index (χ0) is 16.6. The second-order valence-electron chi connectivity index (χ2n) is 4.80. The minimum absolute atomic E-state index is 0.138. The Morgan fingerprint density at radius 2 is 1.48 bits per heavy atom. The van der Waals surface area contributed by atoms with Crippen LogP contribution in [0.5, 0.6) is 0 Å². The Bertz CT molecular complexity index is 779. The number of hydrogen-bond acceptors (Lipinski definition) is 4. The molecule has 0 aliphatic carbocycles. The Morgan fingerprint density at radius 1 is 0.957 bits per heavy atom. The van der Waals surface area contributed by atoms with Gasteiger partial charge < -0.3 is 4.74 Å². The summed E-state index contributed by atoms with van der Waals surface area (Å²) in [7, 11) is 0. The molecule has 0 fully saturated rings. The molecule has 7 heteroatoms. The third-order valence-electron chi connectivity index (χ3n) is 3.30. The minimum atomic E-state index is -0.731. The number of carbonyl (C=O) groups is 3. The molecule has 0 bridgehead atoms. The fraction of sp³-hybridized carbons (Fsp3) is 0.0625. The maximum atomic E-state index is 12.1. The van der Waals surface area contributed by atoms with Gasteiger partial charge in [-0.05, 0) is 30.3 Å². The number of hydrogen-bond donors (Lipinski definition) is 0. The van der Waals surface area contributed by atoms with Crippen LogP contribution in [0.15, 0.2) is 42.5 Å². The van der Waals surface area contributed by atoms with Crippen LogP contribution < -0.4 is 0 Å². The number of fused-ring (bicyclic) bond motifs is 1. The summed E-state index contributed by atoms with van der Waals surface area (Å²) >= 11 is 11.6. The fourth-order valence-electron chi connectivity index (χ4n) is 2.23. The van der Waals surface area contributed by atoms with E-state index in [1.165, 1.54) is 18.2 Å². The molecule has 116 valence electrons. The lowest BCUT2D eigenvalue weighted by Crippen LogP contribution is -2.33. The molecule has 0 aromatic heterocycles. The van der Waals surface area contributed by atoms with E-state index in [0.29, 0.717) is 11.1 Å². The van der Waals surface area contributed by atoms with Crippen LogP contribution in [-0.4, -0.2) is 29.4 Å². The van der Waals surface area contributed by atoms with E-state index in [0.717, 1.165) is 4.90 Å². The predicted octanol–water partition coefficient (Wildman–Crippen LogP) is 3.40. The lowest BCUT2D eigenvalue weighted by atomic mass is 10.1. The molecule has 0 saturated heterocycles. The first kappa shape index (κ1) is 15.5. The Labute approximate surface area is 141 Å². The number of benzene rings is 2. The van der Waals surface area contributed by atoms with E-state index in [9.17, 15) is 14.4 Å². The van der Waals surface area contributed by atoms with Crippen LogP contribution in [0.1, 0.15) is 31.1 Å². The molecule has 2 aromatic rings. The van der Waals surface area contributed by atoms with Gasteiger partial charge in [-0.3, -0.25) is 9.59 Å². The highest BCUT2D eigenvalue weighted by molar-refractivity contribution is 6.35. The van der Waals surface area contributed by atoms with Gasteiger partial charge in [-0.1, -0.05) is 35.3 Å². The second-order valence-corrected chi connectivity index (χ2v) is 5.68. The van der Waals surface area contributed by atoms with Crippen molar-refractivity contribution in [1.29, 1.82) is 0 Å². The number of halogens is 2. The van der Waals surface area contributed by atoms with E-state index in [1.807, 2.05) is 0 Å². The van der Waals surface area contributed by atoms with Gasteiger partial charge in [-0.2, -0.15) is 0 Å². The van der Waals surface area contributed by atoms with Crippen LogP contribution in [-0.2, 0) is 4.74 Å². The van der Waals surface area contributed by atoms with Gasteiger partial charge in [-0.25, -0.2) is 9.69 Å². The first-order valence-corrected chi connectivity index (χ1v) is 7.31. The van der Waals surface area contributed by atoms with Crippen molar-refractivity contribution < 1.29 is 19.1 Å². The maximum Gasteiger partial charge on any atom is 0.339 e. The molecule has 1 aliphatic rings. The summed E-state index contributed by atoms with van der Waals surface area (Å²) < 4.78 is 5.02. The Balaban J connectivity index is 1.73. The highest BCUT2D eigenvalue weighted by Gasteiger charge is 2.35. The van der Waals surface area contributed by atoms with Crippen LogP contribution in [0.2, 0.25) is 10.0 Å². The molecule has 3 rings (SSSR count). The van der Waals surface area contributed by atoms with E-state index in [2.05, 4.69) is 0 Å². The number of imide groups is 1. The maximum absolute atomic E-state index is 12.1. The van der Waals surface area contributed by atoms with Crippen LogP contribution in [0.4, 0.5) is 0 Å². The second kappa shape index (κ2) is 6.02. The van der Waals surface area contributed by atoms with Crippen LogP contribution >= 0.6 is 23.2 Å². The van der Waals surface area contributed by atoms with E-state index in [4.69, 9.17) is 27.9 Å². The van der Waals surface area contributed by atoms with E-state index < -0.39 is 24.5 Å². The molecule has 23 heavy (non-hydrogen) atoms. The SMILES string of the molecule is O=C(OCN1C(=O)c2ccccc2C1=O)c1cc(Cl)cc(Cl)c1. The van der Waals surface area contributed by atoms with Gasteiger partial charge in [0.1, 0.15) is 0 Å². The van der Waals surface area contributed by atoms with Crippen LogP contribution in [0.3, 0.4) is 0 Å². The number of amides is 2. The van der Waals surface area contributed by atoms with Gasteiger partial charge in [0, 0.05) is 10.0 Å². The van der Waals surface area contributed by atoms with Gasteiger partial charge in [0.15, 0.2) is 6.73 Å². The number of rotatable bonds is 3. The molecule has 2 aromatic carbocycles. The molecular weight excluding hydrogens is 341 g/mol. The average molecular weight is 350 g/mol. The lowest BCUT2D eigenvalue weighted by molar-refractivity contribution is 0.0228. The molecular formula is C16H9Cl2NO4. The Kier molecular flexibility index (Phi) is 4.07. The topological polar surface area (TPSA) is 63.7 Å². The quantitative estimate of drug-likeness (QED) is 0.629. The number of esters is 1. The largest absolute Gasteiger partial charge is 0.440 e. The summed E-state index contributed by atoms with van der Waals surface area (Å²) in [4.78, 5) is 37.1. The first-order chi connectivity index (χ1) is 11.0. The van der Waals surface area contributed by atoms with E-state index >= 15 is 0 Å². The molecule has 1 heterocycles. The van der Waals surface area contributed by atoms with Crippen molar-refractivity contribution in [2.75, 3.05) is 6.73 Å². The fourth-order valence-corrected chi connectivity index (χ4v) is 2.76. The first-order valence-electron chi connectivity index (χ1n) is 6.56. The molecule has 0 unspecified atom stereocenters. The highest BCUT2D eigenvalue weighted by atomic mass is 35.5. The Hall–Kier alpha value is -2.37. The molecule has 1 aliphatic heterocycles. The summed E-state index contributed by atoms with van der Waals surface area (Å²) in [5.41, 5.74) is 0.720. The number of carbonyl (C=O) groups excluding carboxylic acids is 3. The summed E-state index contributed by atoms with van der Waals surface area (Å²) in [6.45, 7) is -0.477. The summed E-state index contributed by atoms with van der Waals surface area (Å²) in [6.07, 6.45) is 0. The Morgan fingerprint density at radius 3 is 2.00 bits per heavy atom. The summed E-state index contributed by atoms with van der Waals surface area (Å²) in [6, 6.07) is 10.7. The molecule has 2 amide bonds. The number of ether oxygens (including phenoxy) is 1. The standard InChI is InChI=1S/C16H9Cl2NO4/c17-10-5-9(6-11(18)7-10)16(22)23-8-19-14(20)12-3-1-2-4-13(12)15(19)21/h1-7H,8H2. The van der Waals surface area contributed by atoms with Crippen molar-refractivity contribution in [3.05, 3.63) is 69.2 Å². The smallest absolute Gasteiger partial charge is 0.339 e. The summed E-state index contributed by atoms with van der Waals surface area (Å²) in [5.74, 6) is -1.73. The van der Waals surface area contributed by atoms with Crippen LogP contribution in [0, 0.1) is 0 Å². The van der Waals surface area contributed by atoms with Crippen molar-refractivity contribution in [3.8, 4) is 0 Å². The zero-order valence-electron chi connectivity index (χ0n) is 11.6. The van der Waals surface area contributed by atoms with Gasteiger partial charge >= 0.3 is 5.97 Å². The number of nitrogens with zero attached hydrogens (tertiary/aromatic N) is 1. The molecule has 0 N–H and O–H groups in total. The van der Waals surface area contributed by atoms with Crippen LogP contribution in [0.25, 0.3) is 0 Å². The molecule has 0 radical (unpaired) electrons. The predicted molar refractivity (Wildman–Crippen MR) is 83.7 cm³/mol. The average Bonchev–Trinajstić information content (AvgIpc) is 2.76. The summed E-state index contributed by atoms with van der Waals surface area (Å²) in [5, 5.41) is 0.565. The van der Waals surface area contributed by atoms with Crippen molar-refractivity contribution in [1.82, 2.24) is 4.90 Å². The van der Waals surface area contributed by atoms with E-state index in [-0.39, 0.29) is 15.6 Å². The van der Waals surface area contributed by atoms with Crippen molar-refractivity contribution in [2.24, 2.45) is 0 Å².